The molecule has 0 bridgehead atoms. The number of nitrogens with one attached hydrogen (secondary N) is 2. The van der Waals surface area contributed by atoms with Gasteiger partial charge in [-0.1, -0.05) is 22.0 Å². The topological polar surface area (TPSA) is 80.6 Å². The molecule has 2 amide bonds. The van der Waals surface area contributed by atoms with Gasteiger partial charge in [-0.05, 0) is 62.2 Å². The van der Waals surface area contributed by atoms with Crippen molar-refractivity contribution >= 4 is 38.7 Å². The van der Waals surface area contributed by atoms with E-state index in [2.05, 4.69) is 26.8 Å². The number of furan rings is 1. The molecular weight excluding hydrogens is 424 g/mol. The molecule has 0 aliphatic rings. The number of hydrogen-bond donors (Lipinski definition) is 2. The molecule has 0 aliphatic heterocycles. The van der Waals surface area contributed by atoms with Gasteiger partial charge < -0.3 is 9.15 Å². The summed E-state index contributed by atoms with van der Waals surface area (Å²) in [5, 5.41) is 0.899. The van der Waals surface area contributed by atoms with Crippen LogP contribution < -0.4 is 15.6 Å². The van der Waals surface area contributed by atoms with Crippen molar-refractivity contribution in [3.63, 3.8) is 0 Å². The Morgan fingerprint density at radius 3 is 2.64 bits per heavy atom. The smallest absolute Gasteiger partial charge is 0.279 e. The van der Waals surface area contributed by atoms with E-state index in [9.17, 15) is 9.59 Å². The van der Waals surface area contributed by atoms with E-state index in [-0.39, 0.29) is 12.3 Å². The highest BCUT2D eigenvalue weighted by Crippen LogP contribution is 2.25. The number of hydrogen-bond acceptors (Lipinski definition) is 4. The summed E-state index contributed by atoms with van der Waals surface area (Å²) in [5.74, 6) is -0.236. The second-order valence-electron chi connectivity index (χ2n) is 6.63. The normalized spacial score (nSPS) is 11.9. The Hall–Kier alpha value is -2.80. The van der Waals surface area contributed by atoms with Crippen molar-refractivity contribution in [2.45, 2.75) is 33.3 Å². The molecule has 0 saturated carbocycles. The van der Waals surface area contributed by atoms with Crippen LogP contribution in [0.2, 0.25) is 0 Å². The van der Waals surface area contributed by atoms with Crippen LogP contribution in [0.15, 0.2) is 51.6 Å². The summed E-state index contributed by atoms with van der Waals surface area (Å²) >= 11 is 3.35. The minimum Gasteiger partial charge on any atom is -0.481 e. The van der Waals surface area contributed by atoms with E-state index in [1.165, 1.54) is 0 Å². The number of halogens is 1. The average Bonchev–Trinajstić information content (AvgIpc) is 3.01. The fourth-order valence-electron chi connectivity index (χ4n) is 2.72. The van der Waals surface area contributed by atoms with E-state index in [1.54, 1.807) is 25.3 Å². The number of hydrazine groups is 1. The first-order valence-electron chi connectivity index (χ1n) is 8.81. The molecule has 2 N–H and O–H groups in total. The molecular formula is C21H21BrN2O4. The van der Waals surface area contributed by atoms with E-state index < -0.39 is 12.0 Å². The van der Waals surface area contributed by atoms with Gasteiger partial charge in [0.05, 0.1) is 12.7 Å². The summed E-state index contributed by atoms with van der Waals surface area (Å²) in [4.78, 5) is 24.4. The Balaban J connectivity index is 1.55. The first-order valence-corrected chi connectivity index (χ1v) is 9.61. The number of carbonyl (C=O) groups excluding carboxylic acids is 2. The third-order valence-electron chi connectivity index (χ3n) is 4.42. The van der Waals surface area contributed by atoms with E-state index in [4.69, 9.17) is 9.15 Å². The van der Waals surface area contributed by atoms with Crippen molar-refractivity contribution in [1.29, 1.82) is 0 Å². The minimum absolute atomic E-state index is 0.0939. The molecule has 0 saturated heterocycles. The van der Waals surface area contributed by atoms with Gasteiger partial charge in [-0.3, -0.25) is 20.4 Å². The quantitative estimate of drug-likeness (QED) is 0.583. The average molecular weight is 445 g/mol. The molecule has 3 aromatic rings. The number of rotatable bonds is 5. The van der Waals surface area contributed by atoms with Gasteiger partial charge in [-0.25, -0.2) is 0 Å². The molecule has 1 heterocycles. The monoisotopic (exact) mass is 444 g/mol. The number of fused-ring (bicyclic) bond motifs is 1. The lowest BCUT2D eigenvalue weighted by Crippen LogP contribution is -2.47. The summed E-state index contributed by atoms with van der Waals surface area (Å²) in [6, 6.07) is 11.1. The predicted octanol–water partition coefficient (Wildman–Crippen LogP) is 3.97. The summed E-state index contributed by atoms with van der Waals surface area (Å²) in [7, 11) is 0. The van der Waals surface area contributed by atoms with E-state index in [0.29, 0.717) is 5.75 Å². The van der Waals surface area contributed by atoms with Gasteiger partial charge in [0.25, 0.3) is 5.91 Å². The molecule has 146 valence electrons. The van der Waals surface area contributed by atoms with Crippen molar-refractivity contribution in [2.75, 3.05) is 0 Å². The fourth-order valence-corrected chi connectivity index (χ4v) is 3.10. The van der Waals surface area contributed by atoms with Crippen LogP contribution in [0, 0.1) is 13.8 Å². The Kier molecular flexibility index (Phi) is 6.04. The molecule has 28 heavy (non-hydrogen) atoms. The molecule has 3 rings (SSSR count). The number of aryl methyl sites for hydroxylation is 2. The number of ether oxygens (including phenoxy) is 1. The van der Waals surface area contributed by atoms with E-state index in [0.717, 1.165) is 32.1 Å². The lowest BCUT2D eigenvalue weighted by Gasteiger charge is -2.15. The third kappa shape index (κ3) is 4.72. The van der Waals surface area contributed by atoms with Gasteiger partial charge in [-0.2, -0.15) is 0 Å². The Bertz CT molecular complexity index is 1030. The van der Waals surface area contributed by atoms with Crippen LogP contribution in [0.25, 0.3) is 11.0 Å². The molecule has 1 aromatic heterocycles. The highest BCUT2D eigenvalue weighted by atomic mass is 79.9. The molecule has 6 nitrogen and oxygen atoms in total. The maximum atomic E-state index is 12.2. The van der Waals surface area contributed by atoms with Gasteiger partial charge >= 0.3 is 0 Å². The predicted molar refractivity (Wildman–Crippen MR) is 110 cm³/mol. The fraction of sp³-hybridized carbons (Fsp3) is 0.238. The maximum Gasteiger partial charge on any atom is 0.279 e. The van der Waals surface area contributed by atoms with E-state index >= 15 is 0 Å². The Morgan fingerprint density at radius 1 is 1.14 bits per heavy atom. The van der Waals surface area contributed by atoms with Crippen LogP contribution in [0.1, 0.15) is 23.6 Å². The molecule has 2 aromatic carbocycles. The maximum absolute atomic E-state index is 12.2. The molecule has 1 unspecified atom stereocenters. The molecule has 0 spiro atoms. The minimum atomic E-state index is -0.769. The molecule has 0 radical (unpaired) electrons. The SMILES string of the molecule is Cc1cc2occ(CC(=O)NNC(=O)C(C)Oc3cccc(Br)c3)c2cc1C. The number of carbonyl (C=O) groups is 2. The van der Waals surface area contributed by atoms with Crippen LogP contribution in [-0.4, -0.2) is 17.9 Å². The van der Waals surface area contributed by atoms with Gasteiger partial charge in [0.1, 0.15) is 11.3 Å². The Labute approximate surface area is 171 Å². The van der Waals surface area contributed by atoms with Gasteiger partial charge in [-0.15, -0.1) is 0 Å². The first-order chi connectivity index (χ1) is 13.3. The highest BCUT2D eigenvalue weighted by Gasteiger charge is 2.17. The summed E-state index contributed by atoms with van der Waals surface area (Å²) in [5.41, 5.74) is 8.58. The van der Waals surface area contributed by atoms with Crippen LogP contribution in [0.5, 0.6) is 5.75 Å². The van der Waals surface area contributed by atoms with Crippen LogP contribution in [0.4, 0.5) is 0 Å². The lowest BCUT2D eigenvalue weighted by atomic mass is 10.0. The molecule has 0 fully saturated rings. The Morgan fingerprint density at radius 2 is 1.89 bits per heavy atom. The van der Waals surface area contributed by atoms with Gasteiger partial charge in [0, 0.05) is 15.4 Å². The van der Waals surface area contributed by atoms with E-state index in [1.807, 2.05) is 38.1 Å². The van der Waals surface area contributed by atoms with Crippen LogP contribution in [-0.2, 0) is 16.0 Å². The second kappa shape index (κ2) is 8.48. The van der Waals surface area contributed by atoms with Gasteiger partial charge in [0.2, 0.25) is 5.91 Å². The lowest BCUT2D eigenvalue weighted by molar-refractivity contribution is -0.132. The number of amides is 2. The van der Waals surface area contributed by atoms with Gasteiger partial charge in [0.15, 0.2) is 6.10 Å². The van der Waals surface area contributed by atoms with Crippen molar-refractivity contribution in [2.24, 2.45) is 0 Å². The summed E-state index contributed by atoms with van der Waals surface area (Å²) < 4.78 is 12.0. The standard InChI is InChI=1S/C21H21BrN2O4/c1-12-7-18-15(11-27-19(18)8-13(12)2)9-20(25)23-24-21(26)14(3)28-17-6-4-5-16(22)10-17/h4-8,10-11,14H,9H2,1-3H3,(H,23,25)(H,24,26). The summed E-state index contributed by atoms with van der Waals surface area (Å²) in [6.07, 6.45) is 0.899. The zero-order valence-electron chi connectivity index (χ0n) is 15.8. The largest absolute Gasteiger partial charge is 0.481 e. The summed E-state index contributed by atoms with van der Waals surface area (Å²) in [6.45, 7) is 5.63. The first kappa shape index (κ1) is 19.9. The van der Waals surface area contributed by atoms with Crippen molar-refractivity contribution < 1.29 is 18.7 Å². The van der Waals surface area contributed by atoms with Crippen molar-refractivity contribution in [3.8, 4) is 5.75 Å². The third-order valence-corrected chi connectivity index (χ3v) is 4.92. The van der Waals surface area contributed by atoms with Crippen molar-refractivity contribution in [3.05, 3.63) is 63.8 Å². The number of benzene rings is 2. The molecule has 1 atom stereocenters. The van der Waals surface area contributed by atoms with Crippen LogP contribution in [0.3, 0.4) is 0 Å². The molecule has 0 aliphatic carbocycles. The second-order valence-corrected chi connectivity index (χ2v) is 7.54. The molecule has 7 heteroatoms. The highest BCUT2D eigenvalue weighted by molar-refractivity contribution is 9.10. The zero-order chi connectivity index (χ0) is 20.3. The van der Waals surface area contributed by atoms with Crippen molar-refractivity contribution in [1.82, 2.24) is 10.9 Å². The zero-order valence-corrected chi connectivity index (χ0v) is 17.4. The van der Waals surface area contributed by atoms with Crippen LogP contribution >= 0.6 is 15.9 Å².